The first-order valence-corrected chi connectivity index (χ1v) is 8.59. The van der Waals surface area contributed by atoms with E-state index in [-0.39, 0.29) is 5.60 Å². The first-order valence-electron chi connectivity index (χ1n) is 8.59. The van der Waals surface area contributed by atoms with Gasteiger partial charge >= 0.3 is 0 Å². The molecule has 9 nitrogen and oxygen atoms in total. The highest BCUT2D eigenvalue weighted by Crippen LogP contribution is 2.41. The van der Waals surface area contributed by atoms with Gasteiger partial charge in [0.05, 0.1) is 23.9 Å². The van der Waals surface area contributed by atoms with Crippen molar-refractivity contribution in [3.05, 3.63) is 35.9 Å². The van der Waals surface area contributed by atoms with Gasteiger partial charge in [0.2, 0.25) is 16.9 Å². The smallest absolute Gasteiger partial charge is 0.230 e. The Labute approximate surface area is 151 Å². The predicted molar refractivity (Wildman–Crippen MR) is 93.9 cm³/mol. The molecule has 0 saturated heterocycles. The van der Waals surface area contributed by atoms with Crippen molar-refractivity contribution in [3.8, 4) is 11.5 Å². The minimum Gasteiger partial charge on any atom is -0.463 e. The van der Waals surface area contributed by atoms with Crippen LogP contribution in [0.15, 0.2) is 33.6 Å². The summed E-state index contributed by atoms with van der Waals surface area (Å²) in [7, 11) is 0. The van der Waals surface area contributed by atoms with E-state index in [9.17, 15) is 0 Å². The minimum atomic E-state index is -0.300. The first kappa shape index (κ1) is 14.8. The van der Waals surface area contributed by atoms with Gasteiger partial charge in [-0.05, 0) is 42.0 Å². The molecule has 0 amide bonds. The van der Waals surface area contributed by atoms with Crippen LogP contribution in [0.25, 0.3) is 39.3 Å². The number of nitrogens with zero attached hydrogens (tertiary/aromatic N) is 6. The van der Waals surface area contributed by atoms with Crippen molar-refractivity contribution in [3.63, 3.8) is 0 Å². The second-order valence-electron chi connectivity index (χ2n) is 7.27. The zero-order chi connectivity index (χ0) is 18.2. The SMILES string of the molecule is CC1(C)Cc2c(c(-c3ccco3)nc3oc4c(ncn5nnnc45)c23)CO1. The molecule has 0 fully saturated rings. The molecule has 5 aromatic rings. The lowest BCUT2D eigenvalue weighted by molar-refractivity contribution is -0.0395. The summed E-state index contributed by atoms with van der Waals surface area (Å²) in [6.45, 7) is 4.60. The lowest BCUT2D eigenvalue weighted by atomic mass is 9.89. The summed E-state index contributed by atoms with van der Waals surface area (Å²) in [5.41, 5.74) is 4.78. The molecule has 0 N–H and O–H groups in total. The van der Waals surface area contributed by atoms with E-state index in [4.69, 9.17) is 18.6 Å². The van der Waals surface area contributed by atoms with Gasteiger partial charge in [-0.2, -0.15) is 4.52 Å². The van der Waals surface area contributed by atoms with Crippen molar-refractivity contribution in [1.29, 1.82) is 0 Å². The fourth-order valence-electron chi connectivity index (χ4n) is 3.74. The zero-order valence-corrected chi connectivity index (χ0v) is 14.6. The highest BCUT2D eigenvalue weighted by atomic mass is 16.5. The highest BCUT2D eigenvalue weighted by Gasteiger charge is 2.33. The molecule has 6 heterocycles. The van der Waals surface area contributed by atoms with Crippen LogP contribution in [0.2, 0.25) is 0 Å². The molecular formula is C18H14N6O3. The minimum absolute atomic E-state index is 0.300. The molecule has 0 spiro atoms. The topological polar surface area (TPSA) is 104 Å². The monoisotopic (exact) mass is 362 g/mol. The van der Waals surface area contributed by atoms with Crippen LogP contribution in [0.5, 0.6) is 0 Å². The van der Waals surface area contributed by atoms with Gasteiger partial charge in [-0.25, -0.2) is 9.97 Å². The van der Waals surface area contributed by atoms with Gasteiger partial charge in [0.15, 0.2) is 5.76 Å². The summed E-state index contributed by atoms with van der Waals surface area (Å²) in [5, 5.41) is 12.5. The molecule has 0 unspecified atom stereocenters. The Morgan fingerprint density at radius 3 is 3.00 bits per heavy atom. The number of hydrogen-bond acceptors (Lipinski definition) is 8. The number of aromatic nitrogens is 6. The molecule has 0 radical (unpaired) electrons. The Bertz CT molecular complexity index is 1330. The van der Waals surface area contributed by atoms with Crippen LogP contribution in [0.3, 0.4) is 0 Å². The van der Waals surface area contributed by atoms with Crippen molar-refractivity contribution < 1.29 is 13.6 Å². The molecule has 134 valence electrons. The van der Waals surface area contributed by atoms with E-state index in [2.05, 4.69) is 34.4 Å². The zero-order valence-electron chi connectivity index (χ0n) is 14.6. The largest absolute Gasteiger partial charge is 0.463 e. The Hall–Kier alpha value is -3.33. The maximum atomic E-state index is 6.08. The van der Waals surface area contributed by atoms with Crippen LogP contribution in [0, 0.1) is 0 Å². The number of rotatable bonds is 1. The van der Waals surface area contributed by atoms with Gasteiger partial charge < -0.3 is 13.6 Å². The molecule has 9 heteroatoms. The third kappa shape index (κ3) is 2.00. The molecule has 1 aliphatic rings. The summed E-state index contributed by atoms with van der Waals surface area (Å²) in [4.78, 5) is 9.29. The van der Waals surface area contributed by atoms with Gasteiger partial charge in [0.1, 0.15) is 17.5 Å². The summed E-state index contributed by atoms with van der Waals surface area (Å²) < 4.78 is 19.2. The molecule has 0 atom stereocenters. The molecule has 0 aromatic carbocycles. The fraction of sp³-hybridized carbons (Fsp3) is 0.278. The van der Waals surface area contributed by atoms with Crippen molar-refractivity contribution in [2.24, 2.45) is 0 Å². The van der Waals surface area contributed by atoms with Gasteiger partial charge in [0, 0.05) is 12.0 Å². The van der Waals surface area contributed by atoms with Gasteiger partial charge in [-0.15, -0.1) is 5.10 Å². The number of hydrogen-bond donors (Lipinski definition) is 0. The second kappa shape index (κ2) is 4.89. The molecule has 0 saturated carbocycles. The number of fused-ring (bicyclic) bond motifs is 7. The van der Waals surface area contributed by atoms with E-state index in [1.807, 2.05) is 12.1 Å². The molecule has 27 heavy (non-hydrogen) atoms. The number of ether oxygens (including phenoxy) is 1. The predicted octanol–water partition coefficient (Wildman–Crippen LogP) is 2.93. The van der Waals surface area contributed by atoms with Crippen molar-refractivity contribution in [1.82, 2.24) is 30.0 Å². The Balaban J connectivity index is 1.78. The lowest BCUT2D eigenvalue weighted by Gasteiger charge is -2.32. The Morgan fingerprint density at radius 2 is 2.15 bits per heavy atom. The van der Waals surface area contributed by atoms with E-state index in [1.165, 1.54) is 4.52 Å². The first-order chi connectivity index (χ1) is 13.1. The molecular weight excluding hydrogens is 348 g/mol. The molecule has 6 rings (SSSR count). The maximum Gasteiger partial charge on any atom is 0.230 e. The van der Waals surface area contributed by atoms with Gasteiger partial charge in [-0.1, -0.05) is 0 Å². The van der Waals surface area contributed by atoms with Gasteiger partial charge in [0.25, 0.3) is 0 Å². The Kier molecular flexibility index (Phi) is 2.68. The highest BCUT2D eigenvalue weighted by molar-refractivity contribution is 6.07. The van der Waals surface area contributed by atoms with E-state index in [0.717, 1.165) is 22.2 Å². The quantitative estimate of drug-likeness (QED) is 0.448. The molecule has 1 aliphatic heterocycles. The summed E-state index contributed by atoms with van der Waals surface area (Å²) >= 11 is 0. The fourth-order valence-corrected chi connectivity index (χ4v) is 3.74. The molecule has 5 aromatic heterocycles. The van der Waals surface area contributed by atoms with Crippen molar-refractivity contribution >= 4 is 27.8 Å². The lowest BCUT2D eigenvalue weighted by Crippen LogP contribution is -2.32. The van der Waals surface area contributed by atoms with Crippen LogP contribution in [0.4, 0.5) is 0 Å². The standard InChI is InChI=1S/C18H14N6O3/c1-18(2)6-9-10(7-26-18)13(11-4-3-5-25-11)20-17-12(9)14-15(27-17)16-21-22-23-24(16)8-19-14/h3-5,8H,6-7H2,1-2H3. The van der Waals surface area contributed by atoms with Crippen LogP contribution in [-0.4, -0.2) is 35.6 Å². The van der Waals surface area contributed by atoms with Crippen LogP contribution in [0.1, 0.15) is 25.0 Å². The van der Waals surface area contributed by atoms with E-state index >= 15 is 0 Å². The van der Waals surface area contributed by atoms with Crippen LogP contribution >= 0.6 is 0 Å². The summed E-state index contributed by atoms with van der Waals surface area (Å²) in [6.07, 6.45) is 3.93. The molecule has 0 bridgehead atoms. The normalized spacial score (nSPS) is 16.4. The number of furan rings is 2. The van der Waals surface area contributed by atoms with Crippen molar-refractivity contribution in [2.45, 2.75) is 32.5 Å². The number of tetrazole rings is 1. The number of pyridine rings is 1. The maximum absolute atomic E-state index is 6.08. The average molecular weight is 362 g/mol. The summed E-state index contributed by atoms with van der Waals surface area (Å²) in [6, 6.07) is 3.72. The van der Waals surface area contributed by atoms with E-state index in [1.54, 1.807) is 12.6 Å². The third-order valence-electron chi connectivity index (χ3n) is 4.99. The van der Waals surface area contributed by atoms with E-state index in [0.29, 0.717) is 41.2 Å². The van der Waals surface area contributed by atoms with Crippen LogP contribution in [-0.2, 0) is 17.8 Å². The summed E-state index contributed by atoms with van der Waals surface area (Å²) in [5.74, 6) is 0.680. The van der Waals surface area contributed by atoms with Crippen molar-refractivity contribution in [2.75, 3.05) is 0 Å². The second-order valence-corrected chi connectivity index (χ2v) is 7.27. The molecule has 0 aliphatic carbocycles. The Morgan fingerprint density at radius 1 is 1.22 bits per heavy atom. The van der Waals surface area contributed by atoms with Crippen LogP contribution < -0.4 is 0 Å². The third-order valence-corrected chi connectivity index (χ3v) is 4.99. The average Bonchev–Trinajstić information content (AvgIpc) is 3.37. The van der Waals surface area contributed by atoms with Gasteiger partial charge in [-0.3, -0.25) is 0 Å². The van der Waals surface area contributed by atoms with E-state index < -0.39 is 0 Å².